The van der Waals surface area contributed by atoms with Gasteiger partial charge in [0.05, 0.1) is 12.1 Å². The summed E-state index contributed by atoms with van der Waals surface area (Å²) < 4.78 is 1.01. The van der Waals surface area contributed by atoms with E-state index in [0.29, 0.717) is 5.69 Å². The molecule has 0 aliphatic heterocycles. The molecule has 0 saturated heterocycles. The fraction of sp³-hybridized carbons (Fsp3) is 0.500. The van der Waals surface area contributed by atoms with Gasteiger partial charge in [-0.3, -0.25) is 4.79 Å². The van der Waals surface area contributed by atoms with Crippen LogP contribution in [0.25, 0.3) is 0 Å². The van der Waals surface area contributed by atoms with Gasteiger partial charge in [0.15, 0.2) is 0 Å². The third-order valence-corrected chi connectivity index (χ3v) is 4.01. The van der Waals surface area contributed by atoms with E-state index in [2.05, 4.69) is 4.98 Å². The van der Waals surface area contributed by atoms with Gasteiger partial charge < -0.3 is 5.11 Å². The van der Waals surface area contributed by atoms with E-state index in [9.17, 15) is 4.79 Å². The van der Waals surface area contributed by atoms with Crippen LogP contribution in [0.5, 0.6) is 0 Å². The molecule has 1 N–H and O–H groups in total. The first-order valence-electron chi connectivity index (χ1n) is 4.07. The minimum atomic E-state index is -0.812. The van der Waals surface area contributed by atoms with Crippen LogP contribution in [0.4, 0.5) is 0 Å². The van der Waals surface area contributed by atoms with E-state index in [4.69, 9.17) is 5.11 Å². The average Bonchev–Trinajstić information content (AvgIpc) is 2.73. The van der Waals surface area contributed by atoms with Crippen molar-refractivity contribution in [3.05, 3.63) is 11.1 Å². The maximum absolute atomic E-state index is 10.4. The molecular weight excluding hydrogens is 206 g/mol. The smallest absolute Gasteiger partial charge is 0.309 e. The zero-order chi connectivity index (χ0) is 9.26. The largest absolute Gasteiger partial charge is 0.481 e. The number of carbonyl (C=O) groups is 1. The van der Waals surface area contributed by atoms with Gasteiger partial charge in [0, 0.05) is 10.6 Å². The summed E-state index contributed by atoms with van der Waals surface area (Å²) in [6.07, 6.45) is 2.60. The molecule has 1 fully saturated rings. The minimum Gasteiger partial charge on any atom is -0.481 e. The molecule has 1 saturated carbocycles. The predicted octanol–water partition coefficient (Wildman–Crippen LogP) is 2.02. The highest BCUT2D eigenvalue weighted by atomic mass is 32.2. The van der Waals surface area contributed by atoms with Gasteiger partial charge in [0.2, 0.25) is 0 Å². The lowest BCUT2D eigenvalue weighted by Crippen LogP contribution is -1.99. The predicted molar refractivity (Wildman–Crippen MR) is 52.3 cm³/mol. The van der Waals surface area contributed by atoms with Gasteiger partial charge >= 0.3 is 5.97 Å². The van der Waals surface area contributed by atoms with Gasteiger partial charge in [0.25, 0.3) is 0 Å². The molecule has 1 aromatic rings. The number of rotatable bonds is 4. The van der Waals surface area contributed by atoms with Crippen LogP contribution in [-0.4, -0.2) is 21.3 Å². The summed E-state index contributed by atoms with van der Waals surface area (Å²) in [7, 11) is 0. The Morgan fingerprint density at radius 2 is 2.54 bits per heavy atom. The third kappa shape index (κ3) is 2.70. The van der Waals surface area contributed by atoms with Crippen molar-refractivity contribution in [3.8, 4) is 0 Å². The Balaban J connectivity index is 1.95. The fourth-order valence-electron chi connectivity index (χ4n) is 0.907. The average molecular weight is 215 g/mol. The Morgan fingerprint density at radius 3 is 3.15 bits per heavy atom. The Labute approximate surface area is 84.2 Å². The van der Waals surface area contributed by atoms with Crippen molar-refractivity contribution < 1.29 is 9.90 Å². The van der Waals surface area contributed by atoms with Crippen molar-refractivity contribution in [3.63, 3.8) is 0 Å². The standard InChI is InChI=1S/C8H9NO2S2/c10-7(11)3-5-4-12-8(9-5)13-6-1-2-6/h4,6H,1-3H2,(H,10,11). The Morgan fingerprint density at radius 1 is 1.77 bits per heavy atom. The summed E-state index contributed by atoms with van der Waals surface area (Å²) >= 11 is 3.32. The monoisotopic (exact) mass is 215 g/mol. The maximum atomic E-state index is 10.4. The number of thiazole rings is 1. The van der Waals surface area contributed by atoms with Crippen molar-refractivity contribution in [1.82, 2.24) is 4.98 Å². The summed E-state index contributed by atoms with van der Waals surface area (Å²) in [5.74, 6) is -0.812. The molecule has 1 aliphatic rings. The lowest BCUT2D eigenvalue weighted by atomic mass is 10.3. The van der Waals surface area contributed by atoms with Crippen molar-refractivity contribution >= 4 is 29.1 Å². The van der Waals surface area contributed by atoms with E-state index in [-0.39, 0.29) is 6.42 Å². The quantitative estimate of drug-likeness (QED) is 0.835. The summed E-state index contributed by atoms with van der Waals surface area (Å²) in [6, 6.07) is 0. The van der Waals surface area contributed by atoms with Gasteiger partial charge in [-0.1, -0.05) is 11.8 Å². The number of aliphatic carboxylic acids is 1. The highest BCUT2D eigenvalue weighted by Crippen LogP contribution is 2.40. The topological polar surface area (TPSA) is 50.2 Å². The van der Waals surface area contributed by atoms with Crippen molar-refractivity contribution in [1.29, 1.82) is 0 Å². The molecular formula is C8H9NO2S2. The first-order chi connectivity index (χ1) is 6.24. The SMILES string of the molecule is O=C(O)Cc1csc(SC2CC2)n1. The van der Waals surface area contributed by atoms with Crippen LogP contribution in [0.2, 0.25) is 0 Å². The van der Waals surface area contributed by atoms with E-state index in [1.165, 1.54) is 12.8 Å². The van der Waals surface area contributed by atoms with Crippen LogP contribution in [-0.2, 0) is 11.2 Å². The summed E-state index contributed by atoms with van der Waals surface area (Å²) in [5.41, 5.74) is 0.681. The molecule has 0 spiro atoms. The van der Waals surface area contributed by atoms with E-state index >= 15 is 0 Å². The van der Waals surface area contributed by atoms with Crippen LogP contribution >= 0.6 is 23.1 Å². The molecule has 0 atom stereocenters. The van der Waals surface area contributed by atoms with Gasteiger partial charge in [-0.25, -0.2) is 4.98 Å². The van der Waals surface area contributed by atoms with E-state index in [1.54, 1.807) is 23.1 Å². The number of aromatic nitrogens is 1. The number of nitrogens with zero attached hydrogens (tertiary/aromatic N) is 1. The second-order valence-electron chi connectivity index (χ2n) is 2.99. The molecule has 13 heavy (non-hydrogen) atoms. The summed E-state index contributed by atoms with van der Waals surface area (Å²) in [4.78, 5) is 14.6. The number of carboxylic acid groups (broad SMARTS) is 1. The molecule has 2 rings (SSSR count). The van der Waals surface area contributed by atoms with Crippen molar-refractivity contribution in [2.75, 3.05) is 0 Å². The van der Waals surface area contributed by atoms with Gasteiger partial charge in [-0.15, -0.1) is 11.3 Å². The molecule has 1 aliphatic carbocycles. The molecule has 0 aromatic carbocycles. The fourth-order valence-corrected chi connectivity index (χ4v) is 3.05. The number of carboxylic acids is 1. The zero-order valence-corrected chi connectivity index (χ0v) is 8.53. The second-order valence-corrected chi connectivity index (χ2v) is 5.40. The zero-order valence-electron chi connectivity index (χ0n) is 6.90. The summed E-state index contributed by atoms with van der Waals surface area (Å²) in [6.45, 7) is 0. The van der Waals surface area contributed by atoms with Crippen LogP contribution in [0.15, 0.2) is 9.72 Å². The normalized spacial score (nSPS) is 16.0. The molecule has 0 unspecified atom stereocenters. The molecule has 0 amide bonds. The Bertz CT molecular complexity index is 320. The molecule has 1 heterocycles. The molecule has 3 nitrogen and oxygen atoms in total. The molecule has 70 valence electrons. The molecule has 0 bridgehead atoms. The second kappa shape index (κ2) is 3.67. The van der Waals surface area contributed by atoms with Gasteiger partial charge in [0.1, 0.15) is 4.34 Å². The first kappa shape index (κ1) is 9.02. The third-order valence-electron chi connectivity index (χ3n) is 1.65. The number of hydrogen-bond donors (Lipinski definition) is 1. The Kier molecular flexibility index (Phi) is 2.55. The molecule has 1 aromatic heterocycles. The maximum Gasteiger partial charge on any atom is 0.309 e. The van der Waals surface area contributed by atoms with Crippen LogP contribution in [0.1, 0.15) is 18.5 Å². The van der Waals surface area contributed by atoms with Crippen LogP contribution in [0, 0.1) is 0 Å². The van der Waals surface area contributed by atoms with Gasteiger partial charge in [-0.2, -0.15) is 0 Å². The summed E-state index contributed by atoms with van der Waals surface area (Å²) in [5, 5.41) is 11.1. The Hall–Kier alpha value is -0.550. The molecule has 5 heteroatoms. The number of hydrogen-bond acceptors (Lipinski definition) is 4. The van der Waals surface area contributed by atoms with Crippen molar-refractivity contribution in [2.45, 2.75) is 28.9 Å². The first-order valence-corrected chi connectivity index (χ1v) is 5.83. The highest BCUT2D eigenvalue weighted by molar-refractivity contribution is 8.01. The van der Waals surface area contributed by atoms with Crippen LogP contribution < -0.4 is 0 Å². The lowest BCUT2D eigenvalue weighted by Gasteiger charge is -1.90. The van der Waals surface area contributed by atoms with E-state index in [1.807, 2.05) is 5.38 Å². The van der Waals surface area contributed by atoms with Crippen LogP contribution in [0.3, 0.4) is 0 Å². The minimum absolute atomic E-state index is 0.0434. The molecule has 0 radical (unpaired) electrons. The van der Waals surface area contributed by atoms with Crippen molar-refractivity contribution in [2.24, 2.45) is 0 Å². The van der Waals surface area contributed by atoms with E-state index < -0.39 is 5.97 Å². The van der Waals surface area contributed by atoms with E-state index in [0.717, 1.165) is 9.59 Å². The highest BCUT2D eigenvalue weighted by Gasteiger charge is 2.23. The number of thioether (sulfide) groups is 1. The lowest BCUT2D eigenvalue weighted by molar-refractivity contribution is -0.136. The van der Waals surface area contributed by atoms with Gasteiger partial charge in [-0.05, 0) is 12.8 Å².